The molecular weight excluding hydrogens is 255 g/mol. The van der Waals surface area contributed by atoms with Gasteiger partial charge < -0.3 is 10.1 Å². The number of fused-ring (bicyclic) bond motifs is 1. The number of halogens is 1. The Balaban J connectivity index is 1.27. The first-order valence-electron chi connectivity index (χ1n) is 7.70. The third-order valence-electron chi connectivity index (χ3n) is 4.68. The van der Waals surface area contributed by atoms with Gasteiger partial charge in [-0.25, -0.2) is 4.39 Å². The maximum Gasteiger partial charge on any atom is 0.123 e. The van der Waals surface area contributed by atoms with E-state index in [4.69, 9.17) is 4.74 Å². The van der Waals surface area contributed by atoms with Crippen molar-refractivity contribution in [3.05, 3.63) is 29.6 Å². The molecule has 2 atom stereocenters. The SMILES string of the molecule is Fc1ccc2c(c1)CC(CNC1CCN(C3CC3)C1)O2. The molecule has 0 spiro atoms. The van der Waals surface area contributed by atoms with Crippen molar-refractivity contribution in [3.63, 3.8) is 0 Å². The monoisotopic (exact) mass is 276 g/mol. The minimum Gasteiger partial charge on any atom is -0.488 e. The van der Waals surface area contributed by atoms with Gasteiger partial charge in [-0.2, -0.15) is 0 Å². The average molecular weight is 276 g/mol. The summed E-state index contributed by atoms with van der Waals surface area (Å²) < 4.78 is 19.0. The molecule has 2 heterocycles. The number of benzene rings is 1. The molecule has 4 rings (SSSR count). The summed E-state index contributed by atoms with van der Waals surface area (Å²) in [6.07, 6.45) is 4.99. The molecule has 1 aliphatic carbocycles. The highest BCUT2D eigenvalue weighted by Crippen LogP contribution is 2.31. The van der Waals surface area contributed by atoms with E-state index in [1.54, 1.807) is 12.1 Å². The second-order valence-electron chi connectivity index (χ2n) is 6.32. The molecule has 3 nitrogen and oxygen atoms in total. The second kappa shape index (κ2) is 5.01. The second-order valence-corrected chi connectivity index (χ2v) is 6.32. The number of nitrogens with one attached hydrogen (secondary N) is 1. The predicted molar refractivity (Wildman–Crippen MR) is 75.5 cm³/mol. The third-order valence-corrected chi connectivity index (χ3v) is 4.68. The number of ether oxygens (including phenoxy) is 1. The average Bonchev–Trinajstić information content (AvgIpc) is 3.04. The Morgan fingerprint density at radius 2 is 2.20 bits per heavy atom. The van der Waals surface area contributed by atoms with E-state index in [9.17, 15) is 4.39 Å². The van der Waals surface area contributed by atoms with Crippen molar-refractivity contribution in [2.75, 3.05) is 19.6 Å². The van der Waals surface area contributed by atoms with Gasteiger partial charge in [-0.1, -0.05) is 0 Å². The Hall–Kier alpha value is -1.13. The van der Waals surface area contributed by atoms with Gasteiger partial charge in [-0.15, -0.1) is 0 Å². The van der Waals surface area contributed by atoms with E-state index in [2.05, 4.69) is 10.2 Å². The first-order valence-corrected chi connectivity index (χ1v) is 7.70. The highest BCUT2D eigenvalue weighted by atomic mass is 19.1. The fourth-order valence-electron chi connectivity index (χ4n) is 3.43. The van der Waals surface area contributed by atoms with Crippen LogP contribution in [0, 0.1) is 5.82 Å². The van der Waals surface area contributed by atoms with Crippen molar-refractivity contribution in [1.29, 1.82) is 0 Å². The van der Waals surface area contributed by atoms with Crippen molar-refractivity contribution < 1.29 is 9.13 Å². The number of likely N-dealkylation sites (tertiary alicyclic amines) is 1. The van der Waals surface area contributed by atoms with E-state index < -0.39 is 0 Å². The summed E-state index contributed by atoms with van der Waals surface area (Å²) in [7, 11) is 0. The van der Waals surface area contributed by atoms with Gasteiger partial charge >= 0.3 is 0 Å². The lowest BCUT2D eigenvalue weighted by molar-refractivity contribution is 0.220. The van der Waals surface area contributed by atoms with Gasteiger partial charge in [0.05, 0.1) is 0 Å². The van der Waals surface area contributed by atoms with Crippen LogP contribution < -0.4 is 10.1 Å². The fourth-order valence-corrected chi connectivity index (χ4v) is 3.43. The van der Waals surface area contributed by atoms with Gasteiger partial charge in [0.2, 0.25) is 0 Å². The Kier molecular flexibility index (Phi) is 3.15. The molecule has 2 unspecified atom stereocenters. The summed E-state index contributed by atoms with van der Waals surface area (Å²) in [4.78, 5) is 2.61. The highest BCUT2D eigenvalue weighted by molar-refractivity contribution is 5.37. The minimum atomic E-state index is -0.170. The van der Waals surface area contributed by atoms with Gasteiger partial charge in [-0.3, -0.25) is 4.90 Å². The Morgan fingerprint density at radius 1 is 1.30 bits per heavy atom. The summed E-state index contributed by atoms with van der Waals surface area (Å²) >= 11 is 0. The zero-order chi connectivity index (χ0) is 13.5. The van der Waals surface area contributed by atoms with Crippen LogP contribution in [0.4, 0.5) is 4.39 Å². The summed E-state index contributed by atoms with van der Waals surface area (Å²) in [5.41, 5.74) is 1.00. The van der Waals surface area contributed by atoms with E-state index >= 15 is 0 Å². The highest BCUT2D eigenvalue weighted by Gasteiger charge is 2.34. The molecule has 0 aromatic heterocycles. The van der Waals surface area contributed by atoms with Crippen LogP contribution in [0.1, 0.15) is 24.8 Å². The number of rotatable bonds is 4. The van der Waals surface area contributed by atoms with E-state index in [0.717, 1.165) is 30.3 Å². The quantitative estimate of drug-likeness (QED) is 0.910. The molecular formula is C16H21FN2O. The van der Waals surface area contributed by atoms with Gasteiger partial charge in [0.25, 0.3) is 0 Å². The summed E-state index contributed by atoms with van der Waals surface area (Å²) in [6, 6.07) is 6.28. The van der Waals surface area contributed by atoms with E-state index in [1.807, 2.05) is 0 Å². The Morgan fingerprint density at radius 3 is 3.05 bits per heavy atom. The predicted octanol–water partition coefficient (Wildman–Crippen LogP) is 1.96. The van der Waals surface area contributed by atoms with Crippen molar-refractivity contribution >= 4 is 0 Å². The lowest BCUT2D eigenvalue weighted by Crippen LogP contribution is -2.39. The maximum atomic E-state index is 13.2. The molecule has 1 aromatic carbocycles. The van der Waals surface area contributed by atoms with E-state index in [0.29, 0.717) is 6.04 Å². The van der Waals surface area contributed by atoms with Crippen molar-refractivity contribution in [2.45, 2.75) is 43.9 Å². The van der Waals surface area contributed by atoms with Gasteiger partial charge in [-0.05, 0) is 37.5 Å². The van der Waals surface area contributed by atoms with Crippen LogP contribution in [0.5, 0.6) is 5.75 Å². The number of hydrogen-bond acceptors (Lipinski definition) is 3. The minimum absolute atomic E-state index is 0.154. The lowest BCUT2D eigenvalue weighted by Gasteiger charge is -2.18. The molecule has 2 fully saturated rings. The molecule has 1 saturated carbocycles. The normalized spacial score (nSPS) is 29.4. The molecule has 3 aliphatic rings. The van der Waals surface area contributed by atoms with Crippen molar-refractivity contribution in [1.82, 2.24) is 10.2 Å². The Labute approximate surface area is 119 Å². The van der Waals surface area contributed by atoms with Gasteiger partial charge in [0.1, 0.15) is 17.7 Å². The maximum absolute atomic E-state index is 13.2. The molecule has 0 radical (unpaired) electrons. The summed E-state index contributed by atoms with van der Waals surface area (Å²) in [5, 5.41) is 3.63. The number of nitrogens with zero attached hydrogens (tertiary/aromatic N) is 1. The molecule has 0 bridgehead atoms. The van der Waals surface area contributed by atoms with Crippen LogP contribution in [-0.4, -0.2) is 42.7 Å². The molecule has 1 saturated heterocycles. The topological polar surface area (TPSA) is 24.5 Å². The Bertz CT molecular complexity index is 503. The van der Waals surface area contributed by atoms with Crippen molar-refractivity contribution in [2.24, 2.45) is 0 Å². The van der Waals surface area contributed by atoms with Crippen LogP contribution >= 0.6 is 0 Å². The van der Waals surface area contributed by atoms with Gasteiger partial charge in [0, 0.05) is 43.7 Å². The third kappa shape index (κ3) is 2.54. The van der Waals surface area contributed by atoms with E-state index in [1.165, 1.54) is 38.4 Å². The summed E-state index contributed by atoms with van der Waals surface area (Å²) in [5.74, 6) is 0.682. The van der Waals surface area contributed by atoms with Crippen LogP contribution in [0.15, 0.2) is 18.2 Å². The molecule has 2 aliphatic heterocycles. The van der Waals surface area contributed by atoms with Crippen LogP contribution in [0.25, 0.3) is 0 Å². The van der Waals surface area contributed by atoms with Crippen LogP contribution in [0.3, 0.4) is 0 Å². The lowest BCUT2D eigenvalue weighted by atomic mass is 10.1. The zero-order valence-corrected chi connectivity index (χ0v) is 11.6. The first kappa shape index (κ1) is 12.6. The smallest absolute Gasteiger partial charge is 0.123 e. The standard InChI is InChI=1S/C16H21FN2O/c17-12-1-4-16-11(7-12)8-15(20-16)9-18-13-5-6-19(10-13)14-2-3-14/h1,4,7,13-15,18H,2-3,5-6,8-10H2. The van der Waals surface area contributed by atoms with Gasteiger partial charge in [0.15, 0.2) is 0 Å². The van der Waals surface area contributed by atoms with Crippen molar-refractivity contribution in [3.8, 4) is 5.75 Å². The molecule has 0 amide bonds. The zero-order valence-electron chi connectivity index (χ0n) is 11.6. The molecule has 20 heavy (non-hydrogen) atoms. The van der Waals surface area contributed by atoms with Crippen LogP contribution in [0.2, 0.25) is 0 Å². The largest absolute Gasteiger partial charge is 0.488 e. The number of hydrogen-bond donors (Lipinski definition) is 1. The molecule has 108 valence electrons. The first-order chi connectivity index (χ1) is 9.78. The molecule has 4 heteroatoms. The van der Waals surface area contributed by atoms with Crippen LogP contribution in [-0.2, 0) is 6.42 Å². The molecule has 1 aromatic rings. The fraction of sp³-hybridized carbons (Fsp3) is 0.625. The summed E-state index contributed by atoms with van der Waals surface area (Å²) in [6.45, 7) is 3.28. The molecule has 1 N–H and O–H groups in total. The van der Waals surface area contributed by atoms with E-state index in [-0.39, 0.29) is 11.9 Å².